The molecule has 2 heteroatoms. The number of nitrogens with one attached hydrogen (secondary N) is 1. The molecule has 0 saturated heterocycles. The molecule has 0 heterocycles. The number of rotatable bonds is 8. The lowest BCUT2D eigenvalue weighted by Gasteiger charge is -2.26. The third kappa shape index (κ3) is 6.32. The van der Waals surface area contributed by atoms with Gasteiger partial charge in [-0.25, -0.2) is 0 Å². The van der Waals surface area contributed by atoms with Gasteiger partial charge in [0.1, 0.15) is 0 Å². The minimum atomic E-state index is 0.424. The van der Waals surface area contributed by atoms with Crippen molar-refractivity contribution >= 4 is 11.8 Å². The van der Waals surface area contributed by atoms with Gasteiger partial charge in [-0.1, -0.05) is 39.8 Å². The summed E-state index contributed by atoms with van der Waals surface area (Å²) < 4.78 is 0. The molecule has 1 N–H and O–H groups in total. The monoisotopic (exact) mass is 293 g/mol. The Morgan fingerprint density at radius 2 is 1.40 bits per heavy atom. The summed E-state index contributed by atoms with van der Waals surface area (Å²) in [6, 6.07) is 9.99. The molecule has 0 aliphatic heterocycles. The molecule has 1 aromatic rings. The highest BCUT2D eigenvalue weighted by Crippen LogP contribution is 2.21. The van der Waals surface area contributed by atoms with Gasteiger partial charge in [-0.15, -0.1) is 11.8 Å². The van der Waals surface area contributed by atoms with E-state index in [1.807, 2.05) is 0 Å². The van der Waals surface area contributed by atoms with Crippen LogP contribution in [0.3, 0.4) is 0 Å². The van der Waals surface area contributed by atoms with E-state index in [4.69, 9.17) is 0 Å². The third-order valence-electron chi connectivity index (χ3n) is 3.61. The van der Waals surface area contributed by atoms with Crippen LogP contribution in [0.4, 0.5) is 0 Å². The summed E-state index contributed by atoms with van der Waals surface area (Å²) in [7, 11) is 0. The summed E-state index contributed by atoms with van der Waals surface area (Å²) in [5.41, 5.74) is 1.39. The summed E-state index contributed by atoms with van der Waals surface area (Å²) in [6.45, 7) is 11.5. The molecule has 0 amide bonds. The predicted octanol–water partition coefficient (Wildman–Crippen LogP) is 5.52. The zero-order chi connectivity index (χ0) is 15.1. The summed E-state index contributed by atoms with van der Waals surface area (Å²) in [4.78, 5) is 1.34. The quantitative estimate of drug-likeness (QED) is 0.633. The second kappa shape index (κ2) is 8.74. The average molecular weight is 294 g/mol. The molecule has 0 fully saturated rings. The first-order valence-electron chi connectivity index (χ1n) is 7.82. The Kier molecular flexibility index (Phi) is 7.68. The van der Waals surface area contributed by atoms with E-state index in [1.165, 1.54) is 23.3 Å². The van der Waals surface area contributed by atoms with Crippen LogP contribution in [-0.4, -0.2) is 12.3 Å². The zero-order valence-electron chi connectivity index (χ0n) is 13.9. The van der Waals surface area contributed by atoms with Crippen molar-refractivity contribution < 1.29 is 0 Å². The largest absolute Gasteiger partial charge is 0.307 e. The van der Waals surface area contributed by atoms with Crippen molar-refractivity contribution in [1.29, 1.82) is 0 Å². The highest BCUT2D eigenvalue weighted by Gasteiger charge is 2.16. The first-order valence-corrected chi connectivity index (χ1v) is 9.04. The van der Waals surface area contributed by atoms with Crippen LogP contribution in [0.15, 0.2) is 29.2 Å². The molecule has 1 aromatic carbocycles. The van der Waals surface area contributed by atoms with Crippen molar-refractivity contribution in [3.63, 3.8) is 0 Å². The molecule has 0 aliphatic carbocycles. The highest BCUT2D eigenvalue weighted by atomic mass is 32.2. The van der Waals surface area contributed by atoms with Crippen LogP contribution in [0.2, 0.25) is 0 Å². The van der Waals surface area contributed by atoms with Crippen molar-refractivity contribution in [3.8, 4) is 0 Å². The number of hydrogen-bond acceptors (Lipinski definition) is 2. The van der Waals surface area contributed by atoms with Crippen molar-refractivity contribution in [2.45, 2.75) is 64.4 Å². The first-order chi connectivity index (χ1) is 9.42. The number of thioether (sulfide) groups is 1. The van der Waals surface area contributed by atoms with E-state index in [0.29, 0.717) is 12.1 Å². The van der Waals surface area contributed by atoms with E-state index in [-0.39, 0.29) is 0 Å². The van der Waals surface area contributed by atoms with E-state index in [2.05, 4.69) is 70.5 Å². The van der Waals surface area contributed by atoms with Crippen LogP contribution in [0.25, 0.3) is 0 Å². The van der Waals surface area contributed by atoms with Gasteiger partial charge in [-0.3, -0.25) is 0 Å². The maximum absolute atomic E-state index is 3.83. The Labute approximate surface area is 129 Å². The summed E-state index contributed by atoms with van der Waals surface area (Å²) in [5, 5.41) is 3.83. The summed E-state index contributed by atoms with van der Waals surface area (Å²) in [5.74, 6) is 1.50. The molecular weight excluding hydrogens is 262 g/mol. The van der Waals surface area contributed by atoms with Gasteiger partial charge in [0.05, 0.1) is 0 Å². The molecule has 1 unspecified atom stereocenters. The van der Waals surface area contributed by atoms with Crippen LogP contribution < -0.4 is 5.32 Å². The van der Waals surface area contributed by atoms with Gasteiger partial charge >= 0.3 is 0 Å². The van der Waals surface area contributed by atoms with E-state index >= 15 is 0 Å². The molecule has 0 aromatic heterocycles. The fourth-order valence-electron chi connectivity index (χ4n) is 2.71. The van der Waals surface area contributed by atoms with Gasteiger partial charge in [-0.2, -0.15) is 0 Å². The van der Waals surface area contributed by atoms with Crippen LogP contribution in [0.1, 0.15) is 59.1 Å². The minimum Gasteiger partial charge on any atom is -0.307 e. The topological polar surface area (TPSA) is 12.0 Å². The van der Waals surface area contributed by atoms with Gasteiger partial charge in [0.15, 0.2) is 0 Å². The fraction of sp³-hybridized carbons (Fsp3) is 0.667. The molecule has 0 bridgehead atoms. The smallest absolute Gasteiger partial charge is 0.0294 e. The lowest BCUT2D eigenvalue weighted by atomic mass is 9.94. The molecular formula is C18H31NS. The van der Waals surface area contributed by atoms with E-state index < -0.39 is 0 Å². The Morgan fingerprint density at radius 1 is 0.900 bits per heavy atom. The van der Waals surface area contributed by atoms with Crippen LogP contribution in [0, 0.1) is 11.8 Å². The molecule has 0 radical (unpaired) electrons. The fourth-order valence-corrected chi connectivity index (χ4v) is 3.12. The van der Waals surface area contributed by atoms with E-state index in [1.54, 1.807) is 11.8 Å². The van der Waals surface area contributed by atoms with Crippen molar-refractivity contribution in [2.24, 2.45) is 11.8 Å². The lowest BCUT2D eigenvalue weighted by molar-refractivity contribution is 0.335. The molecule has 1 rings (SSSR count). The average Bonchev–Trinajstić information content (AvgIpc) is 2.37. The summed E-state index contributed by atoms with van der Waals surface area (Å²) in [6.07, 6.45) is 4.63. The van der Waals surface area contributed by atoms with Crippen molar-refractivity contribution in [3.05, 3.63) is 29.8 Å². The van der Waals surface area contributed by atoms with Gasteiger partial charge in [0.25, 0.3) is 0 Å². The van der Waals surface area contributed by atoms with Crippen molar-refractivity contribution in [2.75, 3.05) is 6.26 Å². The molecule has 0 spiro atoms. The lowest BCUT2D eigenvalue weighted by Crippen LogP contribution is -2.33. The minimum absolute atomic E-state index is 0.424. The maximum atomic E-state index is 3.83. The molecule has 0 saturated carbocycles. The van der Waals surface area contributed by atoms with Crippen molar-refractivity contribution in [1.82, 2.24) is 5.32 Å². The van der Waals surface area contributed by atoms with Crippen LogP contribution in [-0.2, 0) is 0 Å². The second-order valence-electron chi connectivity index (χ2n) is 6.62. The second-order valence-corrected chi connectivity index (χ2v) is 7.50. The predicted molar refractivity (Wildman–Crippen MR) is 92.5 cm³/mol. The third-order valence-corrected chi connectivity index (χ3v) is 4.36. The van der Waals surface area contributed by atoms with Gasteiger partial charge in [-0.05, 0) is 55.6 Å². The molecule has 1 atom stereocenters. The van der Waals surface area contributed by atoms with Crippen LogP contribution >= 0.6 is 11.8 Å². The molecule has 0 aliphatic rings. The Bertz CT molecular complexity index is 360. The molecule has 1 nitrogen and oxygen atoms in total. The normalized spacial score (nSPS) is 13.4. The van der Waals surface area contributed by atoms with E-state index in [9.17, 15) is 0 Å². The summed E-state index contributed by atoms with van der Waals surface area (Å²) >= 11 is 1.80. The molecule has 114 valence electrons. The Balaban J connectivity index is 2.65. The zero-order valence-corrected chi connectivity index (χ0v) is 14.8. The van der Waals surface area contributed by atoms with Crippen LogP contribution in [0.5, 0.6) is 0 Å². The maximum Gasteiger partial charge on any atom is 0.0294 e. The number of benzene rings is 1. The van der Waals surface area contributed by atoms with E-state index in [0.717, 1.165) is 11.8 Å². The SMILES string of the molecule is CSc1ccc(C(C)NC(CC(C)C)CC(C)C)cc1. The first kappa shape index (κ1) is 17.6. The van der Waals surface area contributed by atoms with Gasteiger partial charge in [0, 0.05) is 17.0 Å². The number of hydrogen-bond donors (Lipinski definition) is 1. The molecule has 20 heavy (non-hydrogen) atoms. The standard InChI is InChI=1S/C18H31NS/c1-13(2)11-17(12-14(3)4)19-15(5)16-7-9-18(20-6)10-8-16/h7-10,13-15,17,19H,11-12H2,1-6H3. The Morgan fingerprint density at radius 3 is 1.80 bits per heavy atom. The van der Waals surface area contributed by atoms with Gasteiger partial charge < -0.3 is 5.32 Å². The van der Waals surface area contributed by atoms with Gasteiger partial charge in [0.2, 0.25) is 0 Å². The Hall–Kier alpha value is -0.470. The highest BCUT2D eigenvalue weighted by molar-refractivity contribution is 7.98.